The van der Waals surface area contributed by atoms with Crippen molar-refractivity contribution in [1.29, 1.82) is 0 Å². The van der Waals surface area contributed by atoms with Crippen LogP contribution in [-0.2, 0) is 0 Å². The van der Waals surface area contributed by atoms with Gasteiger partial charge in [0.05, 0.1) is 0 Å². The van der Waals surface area contributed by atoms with Gasteiger partial charge in [-0.25, -0.2) is 0 Å². The first-order valence-corrected chi connectivity index (χ1v) is 14.2. The van der Waals surface area contributed by atoms with Crippen molar-refractivity contribution in [3.63, 3.8) is 0 Å². The van der Waals surface area contributed by atoms with Crippen molar-refractivity contribution in [3.8, 4) is 11.1 Å². The largest absolute Gasteiger partial charge is 0.0587 e. The molecule has 0 heteroatoms. The van der Waals surface area contributed by atoms with Gasteiger partial charge in [-0.05, 0) is 94.2 Å². The summed E-state index contributed by atoms with van der Waals surface area (Å²) >= 11 is 0. The van der Waals surface area contributed by atoms with Gasteiger partial charge >= 0.3 is 0 Å². The van der Waals surface area contributed by atoms with Gasteiger partial charge in [-0.1, -0.05) is 110 Å². The molecule has 2 saturated carbocycles. The Morgan fingerprint density at radius 2 is 1.15 bits per heavy atom. The van der Waals surface area contributed by atoms with Crippen LogP contribution in [-0.4, -0.2) is 0 Å². The molecule has 0 aliphatic heterocycles. The minimum atomic E-state index is 0.546. The molecule has 4 rings (SSSR count). The SMILES string of the molecule is CC(C)c1ccc(-c2c(C(C)C)cc(C3CCCCC3)c(C3CCCCC3)c2C(C)C)cc1. The van der Waals surface area contributed by atoms with Crippen LogP contribution in [0.1, 0.15) is 163 Å². The van der Waals surface area contributed by atoms with Gasteiger partial charge in [-0.3, -0.25) is 0 Å². The third-order valence-electron chi connectivity index (χ3n) is 8.59. The minimum Gasteiger partial charge on any atom is -0.0587 e. The molecule has 0 unspecified atom stereocenters. The molecule has 2 aliphatic rings. The highest BCUT2D eigenvalue weighted by atomic mass is 14.4. The fourth-order valence-electron chi connectivity index (χ4n) is 6.77. The van der Waals surface area contributed by atoms with Crippen LogP contribution in [0.3, 0.4) is 0 Å². The minimum absolute atomic E-state index is 0.546. The maximum atomic E-state index is 2.71. The second-order valence-electron chi connectivity index (χ2n) is 12.0. The lowest BCUT2D eigenvalue weighted by Gasteiger charge is -2.35. The van der Waals surface area contributed by atoms with E-state index in [1.807, 2.05) is 0 Å². The molecule has 0 bridgehead atoms. The third kappa shape index (κ3) is 5.26. The Hall–Kier alpha value is -1.56. The maximum absolute atomic E-state index is 2.71. The van der Waals surface area contributed by atoms with Crippen LogP contribution in [0.15, 0.2) is 30.3 Å². The van der Waals surface area contributed by atoms with E-state index in [4.69, 9.17) is 0 Å². The summed E-state index contributed by atoms with van der Waals surface area (Å²) in [5.74, 6) is 3.23. The van der Waals surface area contributed by atoms with Gasteiger partial charge in [0.15, 0.2) is 0 Å². The third-order valence-corrected chi connectivity index (χ3v) is 8.59. The Morgan fingerprint density at radius 3 is 1.64 bits per heavy atom. The summed E-state index contributed by atoms with van der Waals surface area (Å²) < 4.78 is 0. The summed E-state index contributed by atoms with van der Waals surface area (Å²) in [6.07, 6.45) is 14.1. The van der Waals surface area contributed by atoms with Gasteiger partial charge in [0.1, 0.15) is 0 Å². The van der Waals surface area contributed by atoms with Gasteiger partial charge in [0, 0.05) is 0 Å². The zero-order valence-corrected chi connectivity index (χ0v) is 22.3. The highest BCUT2D eigenvalue weighted by Crippen LogP contribution is 2.49. The lowest BCUT2D eigenvalue weighted by atomic mass is 9.69. The smallest absolute Gasteiger partial charge is 0.0112 e. The summed E-state index contributed by atoms with van der Waals surface area (Å²) in [6, 6.07) is 12.3. The van der Waals surface area contributed by atoms with E-state index in [1.165, 1.54) is 75.3 Å². The van der Waals surface area contributed by atoms with E-state index in [1.54, 1.807) is 27.8 Å². The van der Waals surface area contributed by atoms with Crippen molar-refractivity contribution in [2.45, 2.75) is 135 Å². The van der Waals surface area contributed by atoms with Gasteiger partial charge < -0.3 is 0 Å². The molecular formula is C33H48. The highest BCUT2D eigenvalue weighted by molar-refractivity contribution is 5.76. The van der Waals surface area contributed by atoms with Crippen molar-refractivity contribution in [1.82, 2.24) is 0 Å². The molecule has 2 aromatic carbocycles. The first-order chi connectivity index (χ1) is 15.9. The Kier molecular flexibility index (Phi) is 8.03. The Bertz CT molecular complexity index is 900. The predicted molar refractivity (Wildman–Crippen MR) is 146 cm³/mol. The van der Waals surface area contributed by atoms with E-state index in [-0.39, 0.29) is 0 Å². The zero-order chi connectivity index (χ0) is 23.5. The molecule has 0 heterocycles. The first kappa shape index (κ1) is 24.6. The standard InChI is InChI=1S/C33H48/c1-22(2)25-17-19-28(20-18-25)32-29(23(3)4)21-30(26-13-9-7-10-14-26)33(31(32)24(5)6)27-15-11-8-12-16-27/h17-24,26-27H,7-16H2,1-6H3. The quantitative estimate of drug-likeness (QED) is 0.415. The second kappa shape index (κ2) is 10.8. The normalized spacial score (nSPS) is 18.6. The molecule has 0 radical (unpaired) electrons. The van der Waals surface area contributed by atoms with Crippen LogP contribution >= 0.6 is 0 Å². The predicted octanol–water partition coefficient (Wildman–Crippen LogP) is 10.8. The van der Waals surface area contributed by atoms with E-state index >= 15 is 0 Å². The summed E-state index contributed by atoms with van der Waals surface area (Å²) in [4.78, 5) is 0. The van der Waals surface area contributed by atoms with Crippen LogP contribution < -0.4 is 0 Å². The summed E-state index contributed by atoms with van der Waals surface area (Å²) in [7, 11) is 0. The van der Waals surface area contributed by atoms with Crippen molar-refractivity contribution >= 4 is 0 Å². The highest BCUT2D eigenvalue weighted by Gasteiger charge is 2.31. The molecule has 2 fully saturated rings. The van der Waals surface area contributed by atoms with Crippen LogP contribution in [0.5, 0.6) is 0 Å². The topological polar surface area (TPSA) is 0 Å². The number of benzene rings is 2. The summed E-state index contributed by atoms with van der Waals surface area (Å²) in [5.41, 5.74) is 11.3. The summed E-state index contributed by atoms with van der Waals surface area (Å²) in [6.45, 7) is 14.3. The summed E-state index contributed by atoms with van der Waals surface area (Å²) in [5, 5.41) is 0. The van der Waals surface area contributed by atoms with Gasteiger partial charge in [-0.15, -0.1) is 0 Å². The van der Waals surface area contributed by atoms with E-state index in [0.29, 0.717) is 17.8 Å². The average molecular weight is 445 g/mol. The van der Waals surface area contributed by atoms with Crippen molar-refractivity contribution in [3.05, 3.63) is 58.1 Å². The fourth-order valence-corrected chi connectivity index (χ4v) is 6.77. The molecule has 2 aromatic rings. The molecule has 0 amide bonds. The molecule has 0 N–H and O–H groups in total. The second-order valence-corrected chi connectivity index (χ2v) is 12.0. The van der Waals surface area contributed by atoms with Gasteiger partial charge in [-0.2, -0.15) is 0 Å². The van der Waals surface area contributed by atoms with Crippen molar-refractivity contribution in [2.24, 2.45) is 0 Å². The molecular weight excluding hydrogens is 396 g/mol. The Labute approximate surface area is 204 Å². The molecule has 180 valence electrons. The zero-order valence-electron chi connectivity index (χ0n) is 22.3. The van der Waals surface area contributed by atoms with E-state index in [2.05, 4.69) is 71.9 Å². The fraction of sp³-hybridized carbons (Fsp3) is 0.636. The van der Waals surface area contributed by atoms with Crippen molar-refractivity contribution < 1.29 is 0 Å². The molecule has 2 aliphatic carbocycles. The van der Waals surface area contributed by atoms with Crippen LogP contribution in [0.4, 0.5) is 0 Å². The average Bonchev–Trinajstić information content (AvgIpc) is 2.83. The van der Waals surface area contributed by atoms with E-state index in [9.17, 15) is 0 Å². The van der Waals surface area contributed by atoms with Crippen LogP contribution in [0.25, 0.3) is 11.1 Å². The number of hydrogen-bond acceptors (Lipinski definition) is 0. The molecule has 33 heavy (non-hydrogen) atoms. The first-order valence-electron chi connectivity index (χ1n) is 14.2. The molecule has 0 saturated heterocycles. The lowest BCUT2D eigenvalue weighted by Crippen LogP contribution is -2.18. The monoisotopic (exact) mass is 444 g/mol. The van der Waals surface area contributed by atoms with Gasteiger partial charge in [0.2, 0.25) is 0 Å². The molecule has 0 spiro atoms. The van der Waals surface area contributed by atoms with Gasteiger partial charge in [0.25, 0.3) is 0 Å². The number of hydrogen-bond donors (Lipinski definition) is 0. The van der Waals surface area contributed by atoms with E-state index in [0.717, 1.165) is 11.8 Å². The van der Waals surface area contributed by atoms with Crippen LogP contribution in [0, 0.1) is 0 Å². The lowest BCUT2D eigenvalue weighted by molar-refractivity contribution is 0.416. The van der Waals surface area contributed by atoms with Crippen LogP contribution in [0.2, 0.25) is 0 Å². The van der Waals surface area contributed by atoms with E-state index < -0.39 is 0 Å². The Morgan fingerprint density at radius 1 is 0.606 bits per heavy atom. The number of rotatable bonds is 6. The van der Waals surface area contributed by atoms with Crippen molar-refractivity contribution in [2.75, 3.05) is 0 Å². The maximum Gasteiger partial charge on any atom is -0.0112 e. The molecule has 0 aromatic heterocycles. The Balaban J connectivity index is 1.97. The molecule has 0 nitrogen and oxygen atoms in total. The molecule has 0 atom stereocenters.